The molecule has 0 saturated carbocycles. The maximum atomic E-state index is 5.83. The molecule has 1 saturated heterocycles. The van der Waals surface area contributed by atoms with Crippen molar-refractivity contribution in [3.8, 4) is 5.75 Å². The van der Waals surface area contributed by atoms with Crippen LogP contribution < -0.4 is 4.74 Å². The van der Waals surface area contributed by atoms with Gasteiger partial charge in [0, 0.05) is 36.5 Å². The highest BCUT2D eigenvalue weighted by molar-refractivity contribution is 5.62. The lowest BCUT2D eigenvalue weighted by Gasteiger charge is -2.22. The van der Waals surface area contributed by atoms with Crippen LogP contribution in [0.4, 0.5) is 0 Å². The number of likely N-dealkylation sites (tertiary alicyclic amines) is 1. The molecule has 2 aliphatic heterocycles. The van der Waals surface area contributed by atoms with E-state index in [0.29, 0.717) is 12.5 Å². The van der Waals surface area contributed by atoms with Crippen LogP contribution in [0, 0.1) is 0 Å². The zero-order chi connectivity index (χ0) is 14.1. The first-order chi connectivity index (χ1) is 10.4. The second-order valence-electron chi connectivity index (χ2n) is 5.86. The topological polar surface area (TPSA) is 41.2 Å². The van der Waals surface area contributed by atoms with Crippen molar-refractivity contribution in [3.05, 3.63) is 53.4 Å². The van der Waals surface area contributed by atoms with E-state index < -0.39 is 0 Å². The molecule has 3 heterocycles. The van der Waals surface area contributed by atoms with E-state index in [-0.39, 0.29) is 0 Å². The summed E-state index contributed by atoms with van der Waals surface area (Å²) in [7, 11) is 0. The van der Waals surface area contributed by atoms with Crippen molar-refractivity contribution in [1.82, 2.24) is 15.1 Å². The first kappa shape index (κ1) is 12.7. The summed E-state index contributed by atoms with van der Waals surface area (Å²) in [6.07, 6.45) is 5.32. The van der Waals surface area contributed by atoms with Gasteiger partial charge in [-0.1, -0.05) is 18.2 Å². The van der Waals surface area contributed by atoms with Crippen LogP contribution in [0.1, 0.15) is 23.6 Å². The molecular weight excluding hydrogens is 262 g/mol. The number of hydrogen-bond donors (Lipinski definition) is 1. The van der Waals surface area contributed by atoms with Gasteiger partial charge in [0.25, 0.3) is 0 Å². The van der Waals surface area contributed by atoms with Crippen LogP contribution in [0.5, 0.6) is 5.75 Å². The predicted molar refractivity (Wildman–Crippen MR) is 82.3 cm³/mol. The number of para-hydroxylation sites is 1. The van der Waals surface area contributed by atoms with Crippen LogP contribution in [0.2, 0.25) is 0 Å². The minimum absolute atomic E-state index is 0.588. The van der Waals surface area contributed by atoms with Crippen molar-refractivity contribution in [2.24, 2.45) is 0 Å². The van der Waals surface area contributed by atoms with Gasteiger partial charge >= 0.3 is 0 Å². The summed E-state index contributed by atoms with van der Waals surface area (Å²) < 4.78 is 5.83. The van der Waals surface area contributed by atoms with E-state index in [2.05, 4.69) is 39.4 Å². The van der Waals surface area contributed by atoms with Crippen molar-refractivity contribution in [3.63, 3.8) is 0 Å². The highest BCUT2D eigenvalue weighted by Crippen LogP contribution is 2.29. The summed E-state index contributed by atoms with van der Waals surface area (Å²) in [5.74, 6) is 1.59. The second-order valence-corrected chi connectivity index (χ2v) is 5.86. The lowest BCUT2D eigenvalue weighted by atomic mass is 10.1. The highest BCUT2D eigenvalue weighted by Gasteiger charge is 2.25. The molecule has 2 aliphatic rings. The van der Waals surface area contributed by atoms with E-state index in [9.17, 15) is 0 Å². The highest BCUT2D eigenvalue weighted by atomic mass is 16.5. The van der Waals surface area contributed by atoms with Crippen LogP contribution >= 0.6 is 0 Å². The zero-order valence-corrected chi connectivity index (χ0v) is 12.0. The molecule has 0 radical (unpaired) electrons. The third-order valence-electron chi connectivity index (χ3n) is 4.35. The number of H-pyrrole nitrogens is 1. The smallest absolute Gasteiger partial charge is 0.127 e. The van der Waals surface area contributed by atoms with Crippen molar-refractivity contribution in [2.75, 3.05) is 26.2 Å². The minimum atomic E-state index is 0.588. The van der Waals surface area contributed by atoms with E-state index in [1.807, 2.05) is 18.3 Å². The van der Waals surface area contributed by atoms with Crippen molar-refractivity contribution in [1.29, 1.82) is 0 Å². The van der Waals surface area contributed by atoms with Gasteiger partial charge < -0.3 is 4.74 Å². The molecule has 108 valence electrons. The molecule has 2 aromatic rings. The fraction of sp³-hybridized carbons (Fsp3) is 0.353. The number of nitrogens with one attached hydrogen (secondary N) is 1. The molecule has 4 heteroatoms. The van der Waals surface area contributed by atoms with Crippen LogP contribution in [-0.4, -0.2) is 41.3 Å². The molecule has 0 amide bonds. The van der Waals surface area contributed by atoms with Crippen LogP contribution in [0.25, 0.3) is 6.08 Å². The summed E-state index contributed by atoms with van der Waals surface area (Å²) in [5.41, 5.74) is 3.82. The second kappa shape index (κ2) is 5.37. The first-order valence-electron chi connectivity index (χ1n) is 7.51. The summed E-state index contributed by atoms with van der Waals surface area (Å²) in [5, 5.41) is 7.16. The molecule has 0 aliphatic carbocycles. The largest absolute Gasteiger partial charge is 0.489 e. The standard InChI is InChI=1S/C17H19N3O/c1-2-4-17-14(3-1)9-13(12-21-17)10-20-8-6-15(11-20)16-5-7-18-19-16/h1-5,7,9,15H,6,8,10-12H2,(H,18,19)/t15-/m0/s1. The average molecular weight is 281 g/mol. The van der Waals surface area contributed by atoms with Gasteiger partial charge in [0.1, 0.15) is 12.4 Å². The van der Waals surface area contributed by atoms with Crippen LogP contribution in [0.3, 0.4) is 0 Å². The fourth-order valence-corrected chi connectivity index (χ4v) is 3.27. The van der Waals surface area contributed by atoms with Gasteiger partial charge in [-0.15, -0.1) is 0 Å². The Kier molecular flexibility index (Phi) is 3.24. The lowest BCUT2D eigenvalue weighted by molar-refractivity contribution is 0.308. The van der Waals surface area contributed by atoms with Crippen LogP contribution in [-0.2, 0) is 0 Å². The number of fused-ring (bicyclic) bond motifs is 1. The maximum absolute atomic E-state index is 5.83. The molecule has 4 rings (SSSR count). The monoisotopic (exact) mass is 281 g/mol. The van der Waals surface area contributed by atoms with E-state index in [4.69, 9.17) is 4.74 Å². The molecule has 1 fully saturated rings. The van der Waals surface area contributed by atoms with Gasteiger partial charge in [-0.3, -0.25) is 10.00 Å². The molecule has 4 nitrogen and oxygen atoms in total. The zero-order valence-electron chi connectivity index (χ0n) is 12.0. The van der Waals surface area contributed by atoms with Crippen LogP contribution in [0.15, 0.2) is 42.1 Å². The van der Waals surface area contributed by atoms with Crippen molar-refractivity contribution < 1.29 is 4.74 Å². The Morgan fingerprint density at radius 1 is 1.29 bits per heavy atom. The molecule has 1 aromatic carbocycles. The first-order valence-corrected chi connectivity index (χ1v) is 7.51. The number of hydrogen-bond acceptors (Lipinski definition) is 3. The SMILES string of the molecule is C1=C(CN2CC[C@H](c3ccn[nH]3)C2)COc2ccccc21. The van der Waals surface area contributed by atoms with Gasteiger partial charge in [-0.2, -0.15) is 5.10 Å². The third-order valence-corrected chi connectivity index (χ3v) is 4.35. The quantitative estimate of drug-likeness (QED) is 0.940. The van der Waals surface area contributed by atoms with Gasteiger partial charge in [-0.05, 0) is 36.7 Å². The number of aromatic nitrogens is 2. The maximum Gasteiger partial charge on any atom is 0.127 e. The number of rotatable bonds is 3. The van der Waals surface area contributed by atoms with Gasteiger partial charge in [0.2, 0.25) is 0 Å². The van der Waals surface area contributed by atoms with E-state index in [1.54, 1.807) is 0 Å². The average Bonchev–Trinajstić information content (AvgIpc) is 3.18. The number of aromatic amines is 1. The Morgan fingerprint density at radius 3 is 3.14 bits per heavy atom. The Labute approximate surface area is 124 Å². The molecule has 1 atom stereocenters. The molecule has 21 heavy (non-hydrogen) atoms. The Bertz CT molecular complexity index is 648. The number of ether oxygens (including phenoxy) is 1. The van der Waals surface area contributed by atoms with Gasteiger partial charge in [0.05, 0.1) is 0 Å². The summed E-state index contributed by atoms with van der Waals surface area (Å²) >= 11 is 0. The third kappa shape index (κ3) is 2.59. The summed E-state index contributed by atoms with van der Waals surface area (Å²) in [4.78, 5) is 2.51. The normalized spacial score (nSPS) is 21.7. The van der Waals surface area contributed by atoms with Crippen molar-refractivity contribution >= 4 is 6.08 Å². The van der Waals surface area contributed by atoms with Gasteiger partial charge in [0.15, 0.2) is 0 Å². The van der Waals surface area contributed by atoms with E-state index >= 15 is 0 Å². The molecule has 1 aromatic heterocycles. The molecular formula is C17H19N3O. The predicted octanol–water partition coefficient (Wildman–Crippen LogP) is 2.68. The van der Waals surface area contributed by atoms with Crippen molar-refractivity contribution in [2.45, 2.75) is 12.3 Å². The minimum Gasteiger partial charge on any atom is -0.489 e. The lowest BCUT2D eigenvalue weighted by Crippen LogP contribution is -2.26. The van der Waals surface area contributed by atoms with E-state index in [0.717, 1.165) is 25.4 Å². The Morgan fingerprint density at radius 2 is 2.24 bits per heavy atom. The molecule has 0 spiro atoms. The number of nitrogens with zero attached hydrogens (tertiary/aromatic N) is 2. The molecule has 0 bridgehead atoms. The van der Waals surface area contributed by atoms with E-state index in [1.165, 1.54) is 23.3 Å². The molecule has 1 N–H and O–H groups in total. The fourth-order valence-electron chi connectivity index (χ4n) is 3.27. The Hall–Kier alpha value is -2.07. The number of benzene rings is 1. The summed E-state index contributed by atoms with van der Waals surface area (Å²) in [6.45, 7) is 3.95. The molecule has 0 unspecified atom stereocenters. The summed E-state index contributed by atoms with van der Waals surface area (Å²) in [6, 6.07) is 10.3. The van der Waals surface area contributed by atoms with Gasteiger partial charge in [-0.25, -0.2) is 0 Å². The Balaban J connectivity index is 1.43.